The predicted molar refractivity (Wildman–Crippen MR) is 74.3 cm³/mol. The van der Waals surface area contributed by atoms with E-state index in [-0.39, 0.29) is 17.0 Å². The fraction of sp³-hybridized carbons (Fsp3) is 0.625. The number of aryl methyl sites for hydroxylation is 1. The Morgan fingerprint density at radius 3 is 2.63 bits per heavy atom. The Kier molecular flexibility index (Phi) is 3.95. The van der Waals surface area contributed by atoms with Crippen LogP contribution >= 0.6 is 0 Å². The normalized spacial score (nSPS) is 25.9. The fourth-order valence-electron chi connectivity index (χ4n) is 2.71. The summed E-state index contributed by atoms with van der Waals surface area (Å²) in [5.41, 5.74) is 0.703. The van der Waals surface area contributed by atoms with Crippen molar-refractivity contribution in [1.82, 2.24) is 5.32 Å². The highest BCUT2D eigenvalue weighted by molar-refractivity contribution is 5.36. The molecule has 1 aliphatic carbocycles. The lowest BCUT2D eigenvalue weighted by Gasteiger charge is -2.15. The third-order valence-electron chi connectivity index (χ3n) is 4.22. The van der Waals surface area contributed by atoms with Gasteiger partial charge in [-0.2, -0.15) is 0 Å². The van der Waals surface area contributed by atoms with Gasteiger partial charge in [-0.05, 0) is 66.9 Å². The minimum absolute atomic E-state index is 0.206. The Morgan fingerprint density at radius 1 is 1.32 bits per heavy atom. The predicted octanol–water partition coefficient (Wildman–Crippen LogP) is 3.80. The average molecular weight is 267 g/mol. The summed E-state index contributed by atoms with van der Waals surface area (Å²) in [5, 5.41) is 3.40. The maximum atomic E-state index is 14.0. The van der Waals surface area contributed by atoms with Crippen LogP contribution < -0.4 is 5.32 Å². The van der Waals surface area contributed by atoms with E-state index in [4.69, 9.17) is 0 Å². The molecule has 1 aromatic carbocycles. The summed E-state index contributed by atoms with van der Waals surface area (Å²) in [6.45, 7) is 9.80. The van der Waals surface area contributed by atoms with Crippen molar-refractivity contribution in [3.63, 3.8) is 0 Å². The van der Waals surface area contributed by atoms with Gasteiger partial charge in [0.2, 0.25) is 0 Å². The summed E-state index contributed by atoms with van der Waals surface area (Å²) < 4.78 is 27.6. The Bertz CT molecular complexity index is 470. The van der Waals surface area contributed by atoms with Gasteiger partial charge < -0.3 is 5.32 Å². The van der Waals surface area contributed by atoms with Gasteiger partial charge in [0, 0.05) is 0 Å². The van der Waals surface area contributed by atoms with Gasteiger partial charge in [-0.25, -0.2) is 8.78 Å². The van der Waals surface area contributed by atoms with Crippen LogP contribution in [0.5, 0.6) is 0 Å². The summed E-state index contributed by atoms with van der Waals surface area (Å²) in [6.07, 6.45) is 0.928. The molecule has 106 valence electrons. The molecule has 1 aromatic rings. The van der Waals surface area contributed by atoms with E-state index >= 15 is 0 Å². The van der Waals surface area contributed by atoms with Gasteiger partial charge in [-0.15, -0.1) is 0 Å². The molecule has 0 radical (unpaired) electrons. The monoisotopic (exact) mass is 267 g/mol. The Balaban J connectivity index is 2.05. The minimum atomic E-state index is -0.307. The molecule has 1 fully saturated rings. The van der Waals surface area contributed by atoms with Crippen LogP contribution in [0.2, 0.25) is 0 Å². The molecule has 0 aromatic heterocycles. The van der Waals surface area contributed by atoms with Crippen molar-refractivity contribution in [3.05, 3.63) is 34.9 Å². The molecule has 0 heterocycles. The van der Waals surface area contributed by atoms with Gasteiger partial charge in [0.15, 0.2) is 0 Å². The molecule has 0 spiro atoms. The average Bonchev–Trinajstić information content (AvgIpc) is 2.95. The van der Waals surface area contributed by atoms with Crippen molar-refractivity contribution in [2.24, 2.45) is 11.8 Å². The number of nitrogens with one attached hydrogen (secondary N) is 1. The van der Waals surface area contributed by atoms with Crippen molar-refractivity contribution < 1.29 is 8.78 Å². The van der Waals surface area contributed by atoms with Crippen molar-refractivity contribution in [2.75, 3.05) is 13.1 Å². The van der Waals surface area contributed by atoms with E-state index in [1.165, 1.54) is 12.1 Å². The van der Waals surface area contributed by atoms with E-state index in [1.807, 2.05) is 6.92 Å². The second-order valence-corrected chi connectivity index (χ2v) is 6.45. The molecule has 1 nitrogen and oxygen atoms in total. The molecular weight excluding hydrogens is 244 g/mol. The molecule has 1 saturated carbocycles. The zero-order valence-corrected chi connectivity index (χ0v) is 12.2. The zero-order chi connectivity index (χ0) is 14.2. The molecule has 2 atom stereocenters. The maximum Gasteiger partial charge on any atom is 0.127 e. The van der Waals surface area contributed by atoms with Crippen molar-refractivity contribution in [2.45, 2.75) is 39.5 Å². The highest BCUT2D eigenvalue weighted by Gasteiger charge is 2.52. The topological polar surface area (TPSA) is 12.0 Å². The molecule has 0 aliphatic heterocycles. The Labute approximate surface area is 114 Å². The van der Waals surface area contributed by atoms with Crippen LogP contribution in [0.1, 0.15) is 38.3 Å². The van der Waals surface area contributed by atoms with Gasteiger partial charge in [-0.1, -0.05) is 20.8 Å². The third-order valence-corrected chi connectivity index (χ3v) is 4.22. The number of rotatable bonds is 5. The van der Waals surface area contributed by atoms with Crippen LogP contribution in [0.4, 0.5) is 8.78 Å². The summed E-state index contributed by atoms with van der Waals surface area (Å²) >= 11 is 0. The number of hydrogen-bond donors (Lipinski definition) is 1. The molecule has 19 heavy (non-hydrogen) atoms. The number of hydrogen-bond acceptors (Lipinski definition) is 1. The molecule has 0 amide bonds. The lowest BCUT2D eigenvalue weighted by molar-refractivity contribution is 0.501. The van der Waals surface area contributed by atoms with Crippen LogP contribution in [0, 0.1) is 30.4 Å². The molecule has 2 rings (SSSR count). The van der Waals surface area contributed by atoms with Crippen LogP contribution in [0.3, 0.4) is 0 Å². The van der Waals surface area contributed by atoms with Crippen LogP contribution in [-0.4, -0.2) is 13.1 Å². The molecule has 1 N–H and O–H groups in total. The van der Waals surface area contributed by atoms with Gasteiger partial charge in [0.1, 0.15) is 11.6 Å². The lowest BCUT2D eigenvalue weighted by atomic mass is 9.93. The van der Waals surface area contributed by atoms with Crippen molar-refractivity contribution in [3.8, 4) is 0 Å². The van der Waals surface area contributed by atoms with Crippen molar-refractivity contribution in [1.29, 1.82) is 0 Å². The van der Waals surface area contributed by atoms with Crippen LogP contribution in [0.15, 0.2) is 12.1 Å². The second-order valence-electron chi connectivity index (χ2n) is 6.45. The minimum Gasteiger partial charge on any atom is -0.316 e. The molecule has 2 unspecified atom stereocenters. The van der Waals surface area contributed by atoms with Gasteiger partial charge in [-0.3, -0.25) is 0 Å². The Morgan fingerprint density at radius 2 is 2.00 bits per heavy atom. The first-order chi connectivity index (χ1) is 8.84. The molecule has 1 aliphatic rings. The third kappa shape index (κ3) is 2.97. The smallest absolute Gasteiger partial charge is 0.127 e. The molecule has 3 heteroatoms. The van der Waals surface area contributed by atoms with Crippen LogP contribution in [0.25, 0.3) is 0 Å². The quantitative estimate of drug-likeness (QED) is 0.855. The second kappa shape index (κ2) is 5.20. The van der Waals surface area contributed by atoms with E-state index in [1.54, 1.807) is 6.92 Å². The van der Waals surface area contributed by atoms with E-state index in [9.17, 15) is 8.78 Å². The van der Waals surface area contributed by atoms with E-state index < -0.39 is 0 Å². The molecule has 0 bridgehead atoms. The lowest BCUT2D eigenvalue weighted by Crippen LogP contribution is -2.24. The standard InChI is InChI=1S/C16H23F2N/c1-10(2)8-19-9-12-7-16(12,4)13-6-14(17)11(3)5-15(13)18/h5-6,10,12,19H,7-9H2,1-4H3. The first kappa shape index (κ1) is 14.4. The highest BCUT2D eigenvalue weighted by Crippen LogP contribution is 2.54. The summed E-state index contributed by atoms with van der Waals surface area (Å²) in [4.78, 5) is 0. The summed E-state index contributed by atoms with van der Waals surface area (Å²) in [6, 6.07) is 2.69. The largest absolute Gasteiger partial charge is 0.316 e. The summed E-state index contributed by atoms with van der Waals surface area (Å²) in [7, 11) is 0. The van der Waals surface area contributed by atoms with Crippen molar-refractivity contribution >= 4 is 0 Å². The number of benzene rings is 1. The fourth-order valence-corrected chi connectivity index (χ4v) is 2.71. The summed E-state index contributed by atoms with van der Waals surface area (Å²) in [5.74, 6) is 0.438. The first-order valence-corrected chi connectivity index (χ1v) is 7.01. The number of halogens is 2. The van der Waals surface area contributed by atoms with Crippen LogP contribution in [-0.2, 0) is 5.41 Å². The van der Waals surface area contributed by atoms with E-state index in [2.05, 4.69) is 19.2 Å². The SMILES string of the molecule is Cc1cc(F)c(C2(C)CC2CNCC(C)C)cc1F. The molecule has 0 saturated heterocycles. The Hall–Kier alpha value is -0.960. The zero-order valence-electron chi connectivity index (χ0n) is 12.2. The first-order valence-electron chi connectivity index (χ1n) is 7.01. The maximum absolute atomic E-state index is 14.0. The highest BCUT2D eigenvalue weighted by atomic mass is 19.1. The van der Waals surface area contributed by atoms with Gasteiger partial charge in [0.05, 0.1) is 0 Å². The van der Waals surface area contributed by atoms with Gasteiger partial charge in [0.25, 0.3) is 0 Å². The van der Waals surface area contributed by atoms with E-state index in [0.29, 0.717) is 23.0 Å². The van der Waals surface area contributed by atoms with Gasteiger partial charge >= 0.3 is 0 Å². The molecular formula is C16H23F2N. The van der Waals surface area contributed by atoms with E-state index in [0.717, 1.165) is 19.5 Å².